The van der Waals surface area contributed by atoms with E-state index in [2.05, 4.69) is 25.7 Å². The van der Waals surface area contributed by atoms with E-state index in [4.69, 9.17) is 0 Å². The number of rotatable bonds is 6. The molecule has 1 aromatic rings. The van der Waals surface area contributed by atoms with Gasteiger partial charge in [0, 0.05) is 18.2 Å². The molecule has 2 atom stereocenters. The Hall–Kier alpha value is -0.930. The van der Waals surface area contributed by atoms with Crippen LogP contribution in [0.25, 0.3) is 0 Å². The fourth-order valence-corrected chi connectivity index (χ4v) is 2.20. The molecule has 0 aromatic heterocycles. The summed E-state index contributed by atoms with van der Waals surface area (Å²) in [6.45, 7) is 10.0. The quantitative estimate of drug-likeness (QED) is 0.841. The maximum atomic E-state index is 13.6. The molecule has 0 radical (unpaired) electrons. The van der Waals surface area contributed by atoms with Crippen molar-refractivity contribution in [1.82, 2.24) is 4.90 Å². The van der Waals surface area contributed by atoms with Crippen LogP contribution in [0.3, 0.4) is 0 Å². The lowest BCUT2D eigenvalue weighted by molar-refractivity contribution is 0.0779. The van der Waals surface area contributed by atoms with Crippen molar-refractivity contribution < 1.29 is 9.50 Å². The van der Waals surface area contributed by atoms with Crippen molar-refractivity contribution >= 4 is 0 Å². The highest BCUT2D eigenvalue weighted by Crippen LogP contribution is 2.25. The lowest BCUT2D eigenvalue weighted by Gasteiger charge is -2.30. The number of aliphatic hydroxyl groups is 1. The molecule has 1 rings (SSSR count). The summed E-state index contributed by atoms with van der Waals surface area (Å²) in [5, 5.41) is 10.2. The Labute approximate surface area is 109 Å². The minimum Gasteiger partial charge on any atom is -0.388 e. The van der Waals surface area contributed by atoms with Gasteiger partial charge in [0.15, 0.2) is 0 Å². The third-order valence-electron chi connectivity index (χ3n) is 3.42. The molecule has 1 aromatic carbocycles. The van der Waals surface area contributed by atoms with Crippen LogP contribution in [0.4, 0.5) is 4.39 Å². The number of hydrogen-bond donors (Lipinski definition) is 1. The second-order valence-corrected chi connectivity index (χ2v) is 5.12. The number of aliphatic hydroxyl groups excluding tert-OH is 1. The van der Waals surface area contributed by atoms with Gasteiger partial charge in [-0.05, 0) is 32.4 Å². The van der Waals surface area contributed by atoms with Crippen LogP contribution in [0.15, 0.2) is 24.3 Å². The molecule has 0 aliphatic rings. The Bertz CT molecular complexity index is 367. The van der Waals surface area contributed by atoms with Crippen LogP contribution in [0.2, 0.25) is 0 Å². The molecule has 2 nitrogen and oxygen atoms in total. The van der Waals surface area contributed by atoms with E-state index in [1.807, 2.05) is 6.92 Å². The molecule has 1 N–H and O–H groups in total. The first kappa shape index (κ1) is 15.1. The number of benzene rings is 1. The van der Waals surface area contributed by atoms with Crippen LogP contribution in [-0.4, -0.2) is 29.1 Å². The molecular weight excluding hydrogens is 229 g/mol. The highest BCUT2D eigenvalue weighted by atomic mass is 19.1. The van der Waals surface area contributed by atoms with E-state index in [1.54, 1.807) is 18.2 Å². The van der Waals surface area contributed by atoms with Gasteiger partial charge in [0.2, 0.25) is 0 Å². The van der Waals surface area contributed by atoms with E-state index in [-0.39, 0.29) is 11.7 Å². The Morgan fingerprint density at radius 1 is 1.22 bits per heavy atom. The Balaban J connectivity index is 2.72. The average Bonchev–Trinajstić information content (AvgIpc) is 2.35. The molecule has 0 aliphatic carbocycles. The molecule has 18 heavy (non-hydrogen) atoms. The Morgan fingerprint density at radius 2 is 1.83 bits per heavy atom. The van der Waals surface area contributed by atoms with Gasteiger partial charge in [-0.15, -0.1) is 0 Å². The molecule has 0 heterocycles. The first-order chi connectivity index (χ1) is 8.47. The molecule has 0 amide bonds. The van der Waals surface area contributed by atoms with Crippen LogP contribution in [0, 0.1) is 11.7 Å². The van der Waals surface area contributed by atoms with Crippen LogP contribution >= 0.6 is 0 Å². The number of halogens is 1. The van der Waals surface area contributed by atoms with Crippen LogP contribution in [-0.2, 0) is 0 Å². The van der Waals surface area contributed by atoms with Gasteiger partial charge in [0.1, 0.15) is 5.82 Å². The number of hydrogen-bond acceptors (Lipinski definition) is 2. The first-order valence-corrected chi connectivity index (χ1v) is 6.63. The van der Waals surface area contributed by atoms with E-state index in [0.717, 1.165) is 13.1 Å². The predicted octanol–water partition coefficient (Wildman–Crippen LogP) is 3.23. The van der Waals surface area contributed by atoms with E-state index in [1.165, 1.54) is 6.07 Å². The Kier molecular flexibility index (Phi) is 5.76. The van der Waals surface area contributed by atoms with Gasteiger partial charge in [-0.1, -0.05) is 32.0 Å². The highest BCUT2D eigenvalue weighted by Gasteiger charge is 2.22. The van der Waals surface area contributed by atoms with Crippen LogP contribution in [0.5, 0.6) is 0 Å². The SMILES string of the molecule is CCN(CC(C)C(O)c1ccccc1F)C(C)C. The maximum Gasteiger partial charge on any atom is 0.129 e. The topological polar surface area (TPSA) is 23.5 Å². The standard InChI is InChI=1S/C15H24FNO/c1-5-17(11(2)3)10-12(4)15(18)13-8-6-7-9-14(13)16/h6-9,11-12,15,18H,5,10H2,1-4H3. The average molecular weight is 253 g/mol. The lowest BCUT2D eigenvalue weighted by Crippen LogP contribution is -2.36. The normalized spacial score (nSPS) is 15.1. The summed E-state index contributed by atoms with van der Waals surface area (Å²) in [7, 11) is 0. The van der Waals surface area contributed by atoms with Crippen molar-refractivity contribution in [2.24, 2.45) is 5.92 Å². The van der Waals surface area contributed by atoms with Gasteiger partial charge in [-0.25, -0.2) is 4.39 Å². The molecular formula is C15H24FNO. The minimum absolute atomic E-state index is 0.00394. The van der Waals surface area contributed by atoms with Crippen molar-refractivity contribution in [3.63, 3.8) is 0 Å². The third-order valence-corrected chi connectivity index (χ3v) is 3.42. The summed E-state index contributed by atoms with van der Waals surface area (Å²) < 4.78 is 13.6. The zero-order chi connectivity index (χ0) is 13.7. The van der Waals surface area contributed by atoms with Crippen LogP contribution < -0.4 is 0 Å². The fraction of sp³-hybridized carbons (Fsp3) is 0.600. The van der Waals surface area contributed by atoms with Gasteiger partial charge in [0.05, 0.1) is 6.10 Å². The molecule has 0 aliphatic heterocycles. The third kappa shape index (κ3) is 3.79. The Morgan fingerprint density at radius 3 is 2.33 bits per heavy atom. The van der Waals surface area contributed by atoms with Crippen molar-refractivity contribution in [3.8, 4) is 0 Å². The molecule has 3 heteroatoms. The second-order valence-electron chi connectivity index (χ2n) is 5.12. The molecule has 0 spiro atoms. The minimum atomic E-state index is -0.751. The van der Waals surface area contributed by atoms with Crippen LogP contribution in [0.1, 0.15) is 39.4 Å². The molecule has 102 valence electrons. The zero-order valence-corrected chi connectivity index (χ0v) is 11.7. The van der Waals surface area contributed by atoms with Crippen molar-refractivity contribution in [1.29, 1.82) is 0 Å². The summed E-state index contributed by atoms with van der Waals surface area (Å²) >= 11 is 0. The molecule has 2 unspecified atom stereocenters. The largest absolute Gasteiger partial charge is 0.388 e. The fourth-order valence-electron chi connectivity index (χ4n) is 2.20. The molecule has 0 saturated heterocycles. The van der Waals surface area contributed by atoms with Gasteiger partial charge in [-0.3, -0.25) is 0 Å². The van der Waals surface area contributed by atoms with E-state index in [9.17, 15) is 9.50 Å². The monoisotopic (exact) mass is 253 g/mol. The summed E-state index contributed by atoms with van der Waals surface area (Å²) in [6, 6.07) is 6.88. The molecule has 0 bridgehead atoms. The molecule has 0 saturated carbocycles. The van der Waals surface area contributed by atoms with E-state index < -0.39 is 6.10 Å². The maximum absolute atomic E-state index is 13.6. The summed E-state index contributed by atoms with van der Waals surface area (Å²) in [5.41, 5.74) is 0.393. The smallest absolute Gasteiger partial charge is 0.129 e. The zero-order valence-electron chi connectivity index (χ0n) is 11.7. The van der Waals surface area contributed by atoms with Gasteiger partial charge >= 0.3 is 0 Å². The van der Waals surface area contributed by atoms with Crippen molar-refractivity contribution in [2.75, 3.05) is 13.1 Å². The van der Waals surface area contributed by atoms with Gasteiger partial charge in [0.25, 0.3) is 0 Å². The van der Waals surface area contributed by atoms with Crippen molar-refractivity contribution in [3.05, 3.63) is 35.6 Å². The summed E-state index contributed by atoms with van der Waals surface area (Å²) in [4.78, 5) is 2.27. The van der Waals surface area contributed by atoms with Gasteiger partial charge < -0.3 is 10.0 Å². The van der Waals surface area contributed by atoms with Gasteiger partial charge in [-0.2, -0.15) is 0 Å². The number of nitrogens with zero attached hydrogens (tertiary/aromatic N) is 1. The molecule has 0 fully saturated rings. The summed E-state index contributed by atoms with van der Waals surface area (Å²) in [5.74, 6) is -0.325. The second kappa shape index (κ2) is 6.86. The predicted molar refractivity (Wildman–Crippen MR) is 72.9 cm³/mol. The van der Waals surface area contributed by atoms with E-state index in [0.29, 0.717) is 11.6 Å². The highest BCUT2D eigenvalue weighted by molar-refractivity contribution is 5.20. The first-order valence-electron chi connectivity index (χ1n) is 6.63. The lowest BCUT2D eigenvalue weighted by atomic mass is 9.96. The van der Waals surface area contributed by atoms with E-state index >= 15 is 0 Å². The van der Waals surface area contributed by atoms with Crippen molar-refractivity contribution in [2.45, 2.75) is 39.8 Å². The summed E-state index contributed by atoms with van der Waals surface area (Å²) in [6.07, 6.45) is -0.751.